The zero-order valence-corrected chi connectivity index (χ0v) is 6.01. The number of benzene rings is 1. The predicted molar refractivity (Wildman–Crippen MR) is 40.1 cm³/mol. The molecule has 4 N–H and O–H groups in total. The van der Waals surface area contributed by atoms with Gasteiger partial charge in [0, 0.05) is 18.2 Å². The topological polar surface area (TPSA) is 98.0 Å². The second-order valence-corrected chi connectivity index (χ2v) is 1.81. The zero-order valence-electron chi connectivity index (χ0n) is 6.01. The molecule has 1 aromatic rings. The number of hydrogen-bond acceptors (Lipinski definition) is 4. The largest absolute Gasteiger partial charge is 0.508 e. The molecule has 0 aliphatic heterocycles. The molecule has 5 heteroatoms. The Balaban J connectivity index is 0.000000354. The molecule has 0 aromatic heterocycles. The van der Waals surface area contributed by atoms with E-state index in [2.05, 4.69) is 0 Å². The van der Waals surface area contributed by atoms with E-state index < -0.39 is 0 Å². The summed E-state index contributed by atoms with van der Waals surface area (Å²) in [6.07, 6.45) is 0. The molecule has 0 saturated carbocycles. The lowest BCUT2D eigenvalue weighted by Crippen LogP contribution is -1.66. The highest BCUT2D eigenvalue weighted by Gasteiger charge is 1.94. The third-order valence-electron chi connectivity index (χ3n) is 0.887. The first-order valence-corrected chi connectivity index (χ1v) is 2.90. The average Bonchev–Trinajstić information content (AvgIpc) is 1.84. The van der Waals surface area contributed by atoms with Crippen molar-refractivity contribution in [3.63, 3.8) is 0 Å². The molecule has 0 aliphatic carbocycles. The number of hydrogen-bond donors (Lipinski definition) is 4. The van der Waals surface area contributed by atoms with Crippen LogP contribution in [0.15, 0.2) is 18.2 Å². The third kappa shape index (κ3) is 3.99. The monoisotopic (exact) mass is 172 g/mol. The van der Waals surface area contributed by atoms with E-state index in [1.54, 1.807) is 0 Å². The van der Waals surface area contributed by atoms with Crippen LogP contribution in [0, 0.1) is 0 Å². The summed E-state index contributed by atoms with van der Waals surface area (Å²) in [6, 6.07) is 3.42. The highest BCUT2D eigenvalue weighted by molar-refractivity contribution is 5.39. The molecule has 0 radical (unpaired) electrons. The van der Waals surface area contributed by atoms with Crippen LogP contribution in [0.2, 0.25) is 0 Å². The van der Waals surface area contributed by atoms with Gasteiger partial charge in [-0.15, -0.1) is 0 Å². The van der Waals surface area contributed by atoms with Crippen molar-refractivity contribution in [1.82, 2.24) is 0 Å². The van der Waals surface area contributed by atoms with Crippen LogP contribution in [-0.4, -0.2) is 26.9 Å². The van der Waals surface area contributed by atoms with Crippen LogP contribution >= 0.6 is 0 Å². The predicted octanol–water partition coefficient (Wildman–Crippen LogP) is 0.504. The van der Waals surface area contributed by atoms with Crippen molar-refractivity contribution in [2.24, 2.45) is 0 Å². The zero-order chi connectivity index (χ0) is 9.56. The molecule has 5 nitrogen and oxygen atoms in total. The Kier molecular flexibility index (Phi) is 4.07. The van der Waals surface area contributed by atoms with Gasteiger partial charge in [-0.05, 0) is 0 Å². The van der Waals surface area contributed by atoms with Gasteiger partial charge in [-0.2, -0.15) is 0 Å². The number of carboxylic acid groups (broad SMARTS) is 1. The molecule has 0 spiro atoms. The summed E-state index contributed by atoms with van der Waals surface area (Å²) < 4.78 is 0. The molecule has 0 heterocycles. The first-order chi connectivity index (χ1) is 5.60. The van der Waals surface area contributed by atoms with Crippen LogP contribution < -0.4 is 0 Å². The summed E-state index contributed by atoms with van der Waals surface area (Å²) in [5, 5.41) is 32.9. The molecule has 1 rings (SSSR count). The standard InChI is InChI=1S/C6H6O3.CH2O2/c7-4-1-5(8)3-6(9)2-4;2-1-3/h1-3,7-9H;1H,(H,2,3). The summed E-state index contributed by atoms with van der Waals surface area (Å²) in [5.74, 6) is -0.437. The molecular weight excluding hydrogens is 164 g/mol. The van der Waals surface area contributed by atoms with Crippen molar-refractivity contribution < 1.29 is 25.2 Å². The van der Waals surface area contributed by atoms with Crippen LogP contribution in [0.1, 0.15) is 0 Å². The number of carbonyl (C=O) groups is 1. The van der Waals surface area contributed by atoms with Crippen molar-refractivity contribution in [3.8, 4) is 17.2 Å². The summed E-state index contributed by atoms with van der Waals surface area (Å²) in [7, 11) is 0. The van der Waals surface area contributed by atoms with Gasteiger partial charge in [-0.25, -0.2) is 0 Å². The van der Waals surface area contributed by atoms with Crippen LogP contribution in [0.4, 0.5) is 0 Å². The van der Waals surface area contributed by atoms with Gasteiger partial charge in [-0.1, -0.05) is 0 Å². The minimum absolute atomic E-state index is 0.146. The van der Waals surface area contributed by atoms with Crippen molar-refractivity contribution in [1.29, 1.82) is 0 Å². The first-order valence-electron chi connectivity index (χ1n) is 2.90. The van der Waals surface area contributed by atoms with E-state index in [4.69, 9.17) is 25.2 Å². The normalized spacial score (nSPS) is 8.00. The Labute approximate surface area is 68.1 Å². The molecule has 0 saturated heterocycles. The Bertz CT molecular complexity index is 207. The van der Waals surface area contributed by atoms with E-state index in [0.29, 0.717) is 0 Å². The van der Waals surface area contributed by atoms with Gasteiger partial charge >= 0.3 is 0 Å². The molecule has 0 atom stereocenters. The van der Waals surface area contributed by atoms with Gasteiger partial charge in [0.1, 0.15) is 17.2 Å². The number of rotatable bonds is 0. The van der Waals surface area contributed by atoms with Crippen molar-refractivity contribution >= 4 is 6.47 Å². The molecule has 66 valence electrons. The van der Waals surface area contributed by atoms with Gasteiger partial charge in [-0.3, -0.25) is 4.79 Å². The molecule has 0 aliphatic rings. The second-order valence-electron chi connectivity index (χ2n) is 1.81. The van der Waals surface area contributed by atoms with Crippen LogP contribution in [-0.2, 0) is 4.79 Å². The second kappa shape index (κ2) is 4.84. The number of phenolic OH excluding ortho intramolecular Hbond substituents is 3. The Morgan fingerprint density at radius 2 is 1.08 bits per heavy atom. The number of aromatic hydroxyl groups is 3. The van der Waals surface area contributed by atoms with E-state index in [-0.39, 0.29) is 23.7 Å². The Morgan fingerprint density at radius 1 is 0.917 bits per heavy atom. The summed E-state index contributed by atoms with van der Waals surface area (Å²) in [4.78, 5) is 8.36. The maximum Gasteiger partial charge on any atom is 0.290 e. The van der Waals surface area contributed by atoms with Gasteiger partial charge in [0.15, 0.2) is 0 Å². The average molecular weight is 172 g/mol. The summed E-state index contributed by atoms with van der Waals surface area (Å²) in [5.41, 5.74) is 0. The molecule has 0 unspecified atom stereocenters. The lowest BCUT2D eigenvalue weighted by molar-refractivity contribution is -0.122. The van der Waals surface area contributed by atoms with Crippen molar-refractivity contribution in [2.45, 2.75) is 0 Å². The van der Waals surface area contributed by atoms with Gasteiger partial charge in [0.05, 0.1) is 0 Å². The van der Waals surface area contributed by atoms with Crippen LogP contribution in [0.5, 0.6) is 17.2 Å². The third-order valence-corrected chi connectivity index (χ3v) is 0.887. The quantitative estimate of drug-likeness (QED) is 0.427. The van der Waals surface area contributed by atoms with Gasteiger partial charge < -0.3 is 20.4 Å². The fourth-order valence-electron chi connectivity index (χ4n) is 0.580. The van der Waals surface area contributed by atoms with E-state index in [1.165, 1.54) is 0 Å². The fraction of sp³-hybridized carbons (Fsp3) is 0. The minimum atomic E-state index is -0.250. The SMILES string of the molecule is O=CO.Oc1cc(O)cc(O)c1. The highest BCUT2D eigenvalue weighted by Crippen LogP contribution is 2.23. The molecule has 0 fully saturated rings. The molecule has 12 heavy (non-hydrogen) atoms. The molecular formula is C7H8O5. The van der Waals surface area contributed by atoms with Crippen molar-refractivity contribution in [2.75, 3.05) is 0 Å². The van der Waals surface area contributed by atoms with Gasteiger partial charge in [0.25, 0.3) is 6.47 Å². The van der Waals surface area contributed by atoms with E-state index in [9.17, 15) is 0 Å². The fourth-order valence-corrected chi connectivity index (χ4v) is 0.580. The maximum absolute atomic E-state index is 8.67. The lowest BCUT2D eigenvalue weighted by Gasteiger charge is -1.94. The van der Waals surface area contributed by atoms with Crippen LogP contribution in [0.25, 0.3) is 0 Å². The summed E-state index contributed by atoms with van der Waals surface area (Å²) >= 11 is 0. The molecule has 0 bridgehead atoms. The van der Waals surface area contributed by atoms with Crippen LogP contribution in [0.3, 0.4) is 0 Å². The molecule has 1 aromatic carbocycles. The Morgan fingerprint density at radius 3 is 1.25 bits per heavy atom. The smallest absolute Gasteiger partial charge is 0.290 e. The van der Waals surface area contributed by atoms with E-state index >= 15 is 0 Å². The summed E-state index contributed by atoms with van der Waals surface area (Å²) in [6.45, 7) is -0.250. The maximum atomic E-state index is 8.67. The van der Waals surface area contributed by atoms with Crippen molar-refractivity contribution in [3.05, 3.63) is 18.2 Å². The first kappa shape index (κ1) is 10.1. The lowest BCUT2D eigenvalue weighted by atomic mass is 10.3. The number of phenols is 3. The highest BCUT2D eigenvalue weighted by atomic mass is 16.3. The minimum Gasteiger partial charge on any atom is -0.508 e. The Hall–Kier alpha value is -1.91. The van der Waals surface area contributed by atoms with E-state index in [1.807, 2.05) is 0 Å². The van der Waals surface area contributed by atoms with E-state index in [0.717, 1.165) is 18.2 Å². The molecule has 0 amide bonds. The van der Waals surface area contributed by atoms with Gasteiger partial charge in [0.2, 0.25) is 0 Å².